The van der Waals surface area contributed by atoms with Gasteiger partial charge in [-0.2, -0.15) is 0 Å². The van der Waals surface area contributed by atoms with E-state index in [-0.39, 0.29) is 6.03 Å². The van der Waals surface area contributed by atoms with Crippen LogP contribution in [0, 0.1) is 6.92 Å². The number of aryl methyl sites for hydroxylation is 3. The summed E-state index contributed by atoms with van der Waals surface area (Å²) >= 11 is 0. The minimum atomic E-state index is -0.105. The Balaban J connectivity index is 1.81. The summed E-state index contributed by atoms with van der Waals surface area (Å²) in [5, 5.41) is 2.84. The number of carbonyl (C=O) groups is 1. The fraction of sp³-hybridized carbons (Fsp3) is 0.316. The summed E-state index contributed by atoms with van der Waals surface area (Å²) in [7, 11) is 3.46. The first kappa shape index (κ1) is 16.1. The first-order valence-electron chi connectivity index (χ1n) is 7.67. The maximum Gasteiger partial charge on any atom is 0.321 e. The van der Waals surface area contributed by atoms with Gasteiger partial charge >= 0.3 is 6.03 Å². The van der Waals surface area contributed by atoms with Gasteiger partial charge in [-0.05, 0) is 49.4 Å². The summed E-state index contributed by atoms with van der Waals surface area (Å²) in [6, 6.07) is 16.7. The third-order valence-corrected chi connectivity index (χ3v) is 3.66. The van der Waals surface area contributed by atoms with Gasteiger partial charge in [-0.25, -0.2) is 4.79 Å². The lowest BCUT2D eigenvalue weighted by Gasteiger charge is -2.12. The molecule has 2 aromatic carbocycles. The number of hydrogen-bond donors (Lipinski definition) is 1. The van der Waals surface area contributed by atoms with Gasteiger partial charge in [-0.3, -0.25) is 0 Å². The number of nitrogens with zero attached hydrogens (tertiary/aromatic N) is 1. The van der Waals surface area contributed by atoms with Crippen LogP contribution in [0.25, 0.3) is 0 Å². The van der Waals surface area contributed by atoms with E-state index in [2.05, 4.69) is 48.6 Å². The van der Waals surface area contributed by atoms with Crippen LogP contribution in [0.3, 0.4) is 0 Å². The number of nitrogens with one attached hydrogen (secondary N) is 1. The highest BCUT2D eigenvalue weighted by atomic mass is 16.2. The van der Waals surface area contributed by atoms with Crippen molar-refractivity contribution in [2.24, 2.45) is 0 Å². The van der Waals surface area contributed by atoms with Gasteiger partial charge in [-0.1, -0.05) is 42.0 Å². The standard InChI is InChI=1S/C19H24N2O/c1-15-7-9-16(10-8-15)5-4-6-17-11-13-18(14-12-17)20-19(22)21(2)3/h7-14H,4-6H2,1-3H3,(H,20,22). The average molecular weight is 296 g/mol. The maximum absolute atomic E-state index is 11.6. The van der Waals surface area contributed by atoms with Crippen LogP contribution in [0.1, 0.15) is 23.1 Å². The molecule has 22 heavy (non-hydrogen) atoms. The van der Waals surface area contributed by atoms with E-state index in [1.807, 2.05) is 12.1 Å². The molecule has 3 heteroatoms. The number of anilines is 1. The Bertz CT molecular complexity index is 600. The Morgan fingerprint density at radius 1 is 0.909 bits per heavy atom. The second-order valence-electron chi connectivity index (χ2n) is 5.86. The first-order chi connectivity index (χ1) is 10.5. The molecule has 0 unspecified atom stereocenters. The van der Waals surface area contributed by atoms with Crippen molar-refractivity contribution >= 4 is 11.7 Å². The molecule has 0 aliphatic heterocycles. The van der Waals surface area contributed by atoms with Gasteiger partial charge in [0.05, 0.1) is 0 Å². The van der Waals surface area contributed by atoms with Crippen molar-refractivity contribution in [2.45, 2.75) is 26.2 Å². The fourth-order valence-electron chi connectivity index (χ4n) is 2.24. The minimum Gasteiger partial charge on any atom is -0.331 e. The topological polar surface area (TPSA) is 32.3 Å². The number of benzene rings is 2. The molecule has 2 aromatic rings. The summed E-state index contributed by atoms with van der Waals surface area (Å²) < 4.78 is 0. The fourth-order valence-corrected chi connectivity index (χ4v) is 2.24. The number of carbonyl (C=O) groups excluding carboxylic acids is 1. The van der Waals surface area contributed by atoms with Gasteiger partial charge in [-0.15, -0.1) is 0 Å². The molecular formula is C19H24N2O. The Morgan fingerprint density at radius 2 is 1.41 bits per heavy atom. The zero-order chi connectivity index (χ0) is 15.9. The van der Waals surface area contributed by atoms with Crippen LogP contribution in [0.4, 0.5) is 10.5 Å². The Hall–Kier alpha value is -2.29. The molecule has 1 N–H and O–H groups in total. The van der Waals surface area contributed by atoms with Gasteiger partial charge < -0.3 is 10.2 Å². The summed E-state index contributed by atoms with van der Waals surface area (Å²) in [4.78, 5) is 13.1. The summed E-state index contributed by atoms with van der Waals surface area (Å²) in [6.45, 7) is 2.11. The molecule has 0 aromatic heterocycles. The second-order valence-corrected chi connectivity index (χ2v) is 5.86. The van der Waals surface area contributed by atoms with E-state index in [1.165, 1.54) is 21.6 Å². The Morgan fingerprint density at radius 3 is 1.91 bits per heavy atom. The highest BCUT2D eigenvalue weighted by Crippen LogP contribution is 2.13. The molecule has 0 spiro atoms. The van der Waals surface area contributed by atoms with Crippen molar-refractivity contribution in [2.75, 3.05) is 19.4 Å². The van der Waals surface area contributed by atoms with E-state index < -0.39 is 0 Å². The molecule has 0 saturated heterocycles. The maximum atomic E-state index is 11.6. The summed E-state index contributed by atoms with van der Waals surface area (Å²) in [5.41, 5.74) is 4.83. The van der Waals surface area contributed by atoms with Crippen LogP contribution in [0.5, 0.6) is 0 Å². The van der Waals surface area contributed by atoms with Crippen molar-refractivity contribution in [3.05, 3.63) is 65.2 Å². The van der Waals surface area contributed by atoms with Crippen molar-refractivity contribution in [3.8, 4) is 0 Å². The molecule has 116 valence electrons. The highest BCUT2D eigenvalue weighted by molar-refractivity contribution is 5.88. The van der Waals surface area contributed by atoms with Crippen molar-refractivity contribution in [1.29, 1.82) is 0 Å². The highest BCUT2D eigenvalue weighted by Gasteiger charge is 2.03. The predicted molar refractivity (Wildman–Crippen MR) is 92.4 cm³/mol. The number of amides is 2. The van der Waals surface area contributed by atoms with E-state index in [0.29, 0.717) is 0 Å². The molecule has 0 bridgehead atoms. The third kappa shape index (κ3) is 4.92. The molecule has 3 nitrogen and oxygen atoms in total. The average Bonchev–Trinajstić information content (AvgIpc) is 2.51. The lowest BCUT2D eigenvalue weighted by atomic mass is 10.0. The lowest BCUT2D eigenvalue weighted by Crippen LogP contribution is -2.27. The molecule has 0 aliphatic rings. The largest absolute Gasteiger partial charge is 0.331 e. The second kappa shape index (κ2) is 7.64. The number of rotatable bonds is 5. The zero-order valence-corrected chi connectivity index (χ0v) is 13.6. The molecule has 0 fully saturated rings. The first-order valence-corrected chi connectivity index (χ1v) is 7.67. The minimum absolute atomic E-state index is 0.105. The van der Waals surface area contributed by atoms with Crippen LogP contribution in [0.15, 0.2) is 48.5 Å². The number of urea groups is 1. The lowest BCUT2D eigenvalue weighted by molar-refractivity contribution is 0.230. The van der Waals surface area contributed by atoms with Crippen molar-refractivity contribution in [1.82, 2.24) is 4.90 Å². The normalized spacial score (nSPS) is 10.3. The van der Waals surface area contributed by atoms with Crippen molar-refractivity contribution in [3.63, 3.8) is 0 Å². The third-order valence-electron chi connectivity index (χ3n) is 3.66. The Kier molecular flexibility index (Phi) is 5.59. The Labute approximate surface area is 133 Å². The van der Waals surface area contributed by atoms with Gasteiger partial charge in [0.2, 0.25) is 0 Å². The van der Waals surface area contributed by atoms with E-state index in [9.17, 15) is 4.79 Å². The molecule has 0 heterocycles. The monoisotopic (exact) mass is 296 g/mol. The smallest absolute Gasteiger partial charge is 0.321 e. The summed E-state index contributed by atoms with van der Waals surface area (Å²) in [6.07, 6.45) is 3.28. The molecule has 0 radical (unpaired) electrons. The van der Waals surface area contributed by atoms with Crippen LogP contribution < -0.4 is 5.32 Å². The van der Waals surface area contributed by atoms with Gasteiger partial charge in [0.1, 0.15) is 0 Å². The molecule has 0 saturated carbocycles. The predicted octanol–water partition coefficient (Wildman–Crippen LogP) is 4.26. The van der Waals surface area contributed by atoms with Crippen LogP contribution in [-0.2, 0) is 12.8 Å². The molecule has 2 amide bonds. The SMILES string of the molecule is Cc1ccc(CCCc2ccc(NC(=O)N(C)C)cc2)cc1. The van der Waals surface area contributed by atoms with E-state index in [4.69, 9.17) is 0 Å². The molecule has 0 atom stereocenters. The molecular weight excluding hydrogens is 272 g/mol. The van der Waals surface area contributed by atoms with Gasteiger partial charge in [0.15, 0.2) is 0 Å². The molecule has 2 rings (SSSR count). The summed E-state index contributed by atoms with van der Waals surface area (Å²) in [5.74, 6) is 0. The zero-order valence-electron chi connectivity index (χ0n) is 13.6. The van der Waals surface area contributed by atoms with Crippen LogP contribution in [-0.4, -0.2) is 25.0 Å². The van der Waals surface area contributed by atoms with Gasteiger partial charge in [0, 0.05) is 19.8 Å². The number of hydrogen-bond acceptors (Lipinski definition) is 1. The van der Waals surface area contributed by atoms with E-state index in [0.717, 1.165) is 24.9 Å². The van der Waals surface area contributed by atoms with E-state index in [1.54, 1.807) is 14.1 Å². The quantitative estimate of drug-likeness (QED) is 0.878. The van der Waals surface area contributed by atoms with Crippen LogP contribution >= 0.6 is 0 Å². The van der Waals surface area contributed by atoms with E-state index >= 15 is 0 Å². The van der Waals surface area contributed by atoms with Crippen LogP contribution in [0.2, 0.25) is 0 Å². The van der Waals surface area contributed by atoms with Gasteiger partial charge in [0.25, 0.3) is 0 Å². The van der Waals surface area contributed by atoms with Crippen molar-refractivity contribution < 1.29 is 4.79 Å². The molecule has 0 aliphatic carbocycles.